The zero-order chi connectivity index (χ0) is 14.4. The molecule has 0 bridgehead atoms. The number of hydrogen-bond acceptors (Lipinski definition) is 3. The third-order valence-electron chi connectivity index (χ3n) is 4.15. The topological polar surface area (TPSA) is 24.5 Å². The maximum atomic E-state index is 5.69. The zero-order valence-corrected chi connectivity index (χ0v) is 13.1. The number of ether oxygens (including phenoxy) is 1. The molecule has 2 unspecified atom stereocenters. The van der Waals surface area contributed by atoms with Crippen LogP contribution in [0.4, 0.5) is 5.69 Å². The van der Waals surface area contributed by atoms with Crippen molar-refractivity contribution >= 4 is 5.69 Å². The highest BCUT2D eigenvalue weighted by Crippen LogP contribution is 2.23. The van der Waals surface area contributed by atoms with Gasteiger partial charge in [0.05, 0.1) is 13.2 Å². The molecule has 112 valence electrons. The van der Waals surface area contributed by atoms with Crippen LogP contribution in [0.5, 0.6) is 0 Å². The van der Waals surface area contributed by atoms with E-state index in [1.165, 1.54) is 17.7 Å². The fourth-order valence-electron chi connectivity index (χ4n) is 2.93. The Morgan fingerprint density at radius 2 is 2.05 bits per heavy atom. The van der Waals surface area contributed by atoms with Crippen LogP contribution in [0.15, 0.2) is 24.3 Å². The second-order valence-corrected chi connectivity index (χ2v) is 5.68. The van der Waals surface area contributed by atoms with Gasteiger partial charge in [-0.05, 0) is 38.4 Å². The van der Waals surface area contributed by atoms with E-state index in [1.54, 1.807) is 0 Å². The first-order valence-electron chi connectivity index (χ1n) is 7.88. The second-order valence-electron chi connectivity index (χ2n) is 5.68. The van der Waals surface area contributed by atoms with Crippen LogP contribution in [0, 0.1) is 12.8 Å². The Kier molecular flexibility index (Phi) is 5.86. The normalized spacial score (nSPS) is 22.1. The van der Waals surface area contributed by atoms with Gasteiger partial charge in [-0.1, -0.05) is 25.1 Å². The van der Waals surface area contributed by atoms with Crippen LogP contribution in [0.3, 0.4) is 0 Å². The van der Waals surface area contributed by atoms with Crippen LogP contribution in [0.1, 0.15) is 25.8 Å². The largest absolute Gasteiger partial charge is 0.379 e. The Hall–Kier alpha value is -1.06. The number of nitrogens with one attached hydrogen (secondary N) is 1. The molecule has 1 aromatic rings. The van der Waals surface area contributed by atoms with Crippen molar-refractivity contribution < 1.29 is 4.74 Å². The van der Waals surface area contributed by atoms with Gasteiger partial charge in [0.1, 0.15) is 0 Å². The predicted octanol–water partition coefficient (Wildman–Crippen LogP) is 2.84. The minimum Gasteiger partial charge on any atom is -0.379 e. The summed E-state index contributed by atoms with van der Waals surface area (Å²) in [6.45, 7) is 11.6. The van der Waals surface area contributed by atoms with E-state index in [0.717, 1.165) is 32.8 Å². The number of anilines is 1. The van der Waals surface area contributed by atoms with E-state index in [1.807, 2.05) is 0 Å². The number of benzene rings is 1. The van der Waals surface area contributed by atoms with Crippen LogP contribution >= 0.6 is 0 Å². The number of rotatable bonds is 7. The molecular weight excluding hydrogens is 248 g/mol. The van der Waals surface area contributed by atoms with Crippen molar-refractivity contribution in [3.63, 3.8) is 0 Å². The molecule has 1 fully saturated rings. The van der Waals surface area contributed by atoms with Crippen molar-refractivity contribution in [2.24, 2.45) is 5.92 Å². The maximum Gasteiger partial charge on any atom is 0.0624 e. The lowest BCUT2D eigenvalue weighted by Gasteiger charge is -2.30. The lowest BCUT2D eigenvalue weighted by molar-refractivity contribution is 0.183. The van der Waals surface area contributed by atoms with E-state index in [2.05, 4.69) is 55.3 Å². The number of nitrogens with zero attached hydrogens (tertiary/aromatic N) is 1. The summed E-state index contributed by atoms with van der Waals surface area (Å²) in [7, 11) is 0. The van der Waals surface area contributed by atoms with Crippen LogP contribution < -0.4 is 10.2 Å². The fourth-order valence-corrected chi connectivity index (χ4v) is 2.93. The van der Waals surface area contributed by atoms with E-state index in [4.69, 9.17) is 4.74 Å². The summed E-state index contributed by atoms with van der Waals surface area (Å²) in [5.74, 6) is 0.584. The minimum absolute atomic E-state index is 0.507. The summed E-state index contributed by atoms with van der Waals surface area (Å²) in [5, 5.41) is 3.63. The highest BCUT2D eigenvalue weighted by atomic mass is 16.5. The van der Waals surface area contributed by atoms with E-state index in [0.29, 0.717) is 12.0 Å². The first-order valence-corrected chi connectivity index (χ1v) is 7.88. The van der Waals surface area contributed by atoms with Gasteiger partial charge in [-0.25, -0.2) is 0 Å². The number of para-hydroxylation sites is 1. The highest BCUT2D eigenvalue weighted by Gasteiger charge is 2.29. The van der Waals surface area contributed by atoms with Crippen molar-refractivity contribution in [1.82, 2.24) is 5.32 Å². The molecule has 0 radical (unpaired) electrons. The molecular formula is C17H28N2O. The third-order valence-corrected chi connectivity index (χ3v) is 4.15. The van der Waals surface area contributed by atoms with Gasteiger partial charge in [0.2, 0.25) is 0 Å². The molecule has 0 saturated carbocycles. The minimum atomic E-state index is 0.507. The molecule has 0 amide bonds. The highest BCUT2D eigenvalue weighted by molar-refractivity contribution is 5.52. The molecule has 0 spiro atoms. The number of aryl methyl sites for hydroxylation is 1. The molecule has 1 aliphatic rings. The van der Waals surface area contributed by atoms with Crippen molar-refractivity contribution in [2.45, 2.75) is 33.2 Å². The quantitative estimate of drug-likeness (QED) is 0.829. The smallest absolute Gasteiger partial charge is 0.0624 e. The van der Waals surface area contributed by atoms with Gasteiger partial charge in [0.25, 0.3) is 0 Å². The summed E-state index contributed by atoms with van der Waals surface area (Å²) in [6.07, 6.45) is 1.18. The van der Waals surface area contributed by atoms with Gasteiger partial charge in [-0.15, -0.1) is 0 Å². The fraction of sp³-hybridized carbons (Fsp3) is 0.647. The van der Waals surface area contributed by atoms with Crippen molar-refractivity contribution in [1.29, 1.82) is 0 Å². The monoisotopic (exact) mass is 276 g/mol. The Morgan fingerprint density at radius 1 is 1.25 bits per heavy atom. The average Bonchev–Trinajstić information content (AvgIpc) is 2.90. The first kappa shape index (κ1) is 15.3. The Balaban J connectivity index is 2.01. The van der Waals surface area contributed by atoms with E-state index < -0.39 is 0 Å². The van der Waals surface area contributed by atoms with E-state index in [9.17, 15) is 0 Å². The van der Waals surface area contributed by atoms with Gasteiger partial charge in [-0.2, -0.15) is 0 Å². The summed E-state index contributed by atoms with van der Waals surface area (Å²) in [6, 6.07) is 9.16. The van der Waals surface area contributed by atoms with Crippen LogP contribution in [-0.2, 0) is 4.74 Å². The molecule has 0 aliphatic carbocycles. The van der Waals surface area contributed by atoms with E-state index in [-0.39, 0.29) is 0 Å². The van der Waals surface area contributed by atoms with Crippen molar-refractivity contribution in [2.75, 3.05) is 37.7 Å². The molecule has 1 N–H and O–H groups in total. The molecule has 1 aliphatic heterocycles. The summed E-state index contributed by atoms with van der Waals surface area (Å²) < 4.78 is 5.69. The van der Waals surface area contributed by atoms with E-state index >= 15 is 0 Å². The molecule has 3 heteroatoms. The standard InChI is InChI=1S/C17H28N2O/c1-4-10-18-16-13-20-12-15(16)11-19(5-2)17-9-7-6-8-14(17)3/h6-9,15-16,18H,4-5,10-13H2,1-3H3. The average molecular weight is 276 g/mol. The lowest BCUT2D eigenvalue weighted by atomic mass is 10.0. The summed E-state index contributed by atoms with van der Waals surface area (Å²) in [5.41, 5.74) is 2.71. The molecule has 2 rings (SSSR count). The molecule has 0 aromatic heterocycles. The molecule has 1 heterocycles. The second kappa shape index (κ2) is 7.65. The van der Waals surface area contributed by atoms with Crippen LogP contribution in [-0.4, -0.2) is 38.9 Å². The predicted molar refractivity (Wildman–Crippen MR) is 85.5 cm³/mol. The SMILES string of the molecule is CCCNC1COCC1CN(CC)c1ccccc1C. The Labute approximate surface area is 123 Å². The molecule has 20 heavy (non-hydrogen) atoms. The number of hydrogen-bond donors (Lipinski definition) is 1. The van der Waals surface area contributed by atoms with Crippen molar-refractivity contribution in [3.8, 4) is 0 Å². The van der Waals surface area contributed by atoms with Gasteiger partial charge in [-0.3, -0.25) is 0 Å². The molecule has 1 aromatic carbocycles. The van der Waals surface area contributed by atoms with Crippen LogP contribution in [0.2, 0.25) is 0 Å². The Morgan fingerprint density at radius 3 is 2.75 bits per heavy atom. The molecule has 2 atom stereocenters. The first-order chi connectivity index (χ1) is 9.76. The third kappa shape index (κ3) is 3.74. The molecule has 3 nitrogen and oxygen atoms in total. The van der Waals surface area contributed by atoms with Gasteiger partial charge in [0.15, 0.2) is 0 Å². The van der Waals surface area contributed by atoms with Gasteiger partial charge in [0, 0.05) is 30.7 Å². The summed E-state index contributed by atoms with van der Waals surface area (Å²) in [4.78, 5) is 2.48. The maximum absolute atomic E-state index is 5.69. The molecule has 1 saturated heterocycles. The zero-order valence-electron chi connectivity index (χ0n) is 13.1. The lowest BCUT2D eigenvalue weighted by Crippen LogP contribution is -2.42. The Bertz CT molecular complexity index is 408. The van der Waals surface area contributed by atoms with Gasteiger partial charge < -0.3 is 15.0 Å². The van der Waals surface area contributed by atoms with Crippen molar-refractivity contribution in [3.05, 3.63) is 29.8 Å². The van der Waals surface area contributed by atoms with Gasteiger partial charge >= 0.3 is 0 Å². The summed E-state index contributed by atoms with van der Waals surface area (Å²) >= 11 is 0. The van der Waals surface area contributed by atoms with Crippen LogP contribution in [0.25, 0.3) is 0 Å².